The number of unbranched alkanes of at least 4 members (excludes halogenated alkanes) is 9. The van der Waals surface area contributed by atoms with E-state index in [2.05, 4.69) is 30.3 Å². The third-order valence-electron chi connectivity index (χ3n) is 5.31. The molecular weight excluding hydrogens is 332 g/mol. The molecule has 0 heterocycles. The van der Waals surface area contributed by atoms with E-state index in [-0.39, 0.29) is 0 Å². The first kappa shape index (κ1) is 21.3. The van der Waals surface area contributed by atoms with E-state index in [0.717, 1.165) is 18.4 Å². The van der Waals surface area contributed by atoms with Gasteiger partial charge in [-0.15, -0.1) is 0 Å². The summed E-state index contributed by atoms with van der Waals surface area (Å²) in [6, 6.07) is 16.6. The van der Waals surface area contributed by atoms with Gasteiger partial charge >= 0.3 is 0 Å². The van der Waals surface area contributed by atoms with Gasteiger partial charge in [-0.05, 0) is 42.9 Å². The summed E-state index contributed by atoms with van der Waals surface area (Å²) in [5.41, 5.74) is 2.48. The lowest BCUT2D eigenvalue weighted by Crippen LogP contribution is -1.91. The maximum Gasteiger partial charge on any atom is 0.160 e. The third kappa shape index (κ3) is 8.51. The highest BCUT2D eigenvalue weighted by Gasteiger charge is 2.06. The average molecular weight is 369 g/mol. The molecule has 0 amide bonds. The maximum atomic E-state index is 10.1. The fraction of sp³-hybridized carbons (Fsp3) is 0.520. The summed E-state index contributed by atoms with van der Waals surface area (Å²) >= 11 is 0. The number of ether oxygens (including phenoxy) is 1. The van der Waals surface area contributed by atoms with Gasteiger partial charge in [0.1, 0.15) is 0 Å². The van der Waals surface area contributed by atoms with Gasteiger partial charge in [0, 0.05) is 0 Å². The van der Waals surface area contributed by atoms with Crippen molar-refractivity contribution in [3.63, 3.8) is 0 Å². The summed E-state index contributed by atoms with van der Waals surface area (Å²) in [5.74, 6) is 0.892. The number of methoxy groups -OCH3 is 1. The number of aromatic hydroxyl groups is 1. The van der Waals surface area contributed by atoms with Crippen LogP contribution in [0.3, 0.4) is 0 Å². The molecule has 2 rings (SSSR count). The molecule has 0 radical (unpaired) electrons. The molecule has 0 saturated heterocycles. The Morgan fingerprint density at radius 3 is 1.78 bits per heavy atom. The Kier molecular flexibility index (Phi) is 10.5. The quantitative estimate of drug-likeness (QED) is 0.361. The molecule has 0 atom stereocenters. The van der Waals surface area contributed by atoms with E-state index in [9.17, 15) is 5.11 Å². The van der Waals surface area contributed by atoms with E-state index in [1.54, 1.807) is 13.2 Å². The van der Waals surface area contributed by atoms with E-state index in [0.29, 0.717) is 11.5 Å². The summed E-state index contributed by atoms with van der Waals surface area (Å²) in [7, 11) is 1.60. The molecule has 0 bridgehead atoms. The highest BCUT2D eigenvalue weighted by molar-refractivity contribution is 5.45. The molecule has 0 fully saturated rings. The first-order chi connectivity index (χ1) is 13.3. The Bertz CT molecular complexity index is 621. The van der Waals surface area contributed by atoms with Crippen LogP contribution in [0, 0.1) is 0 Å². The second kappa shape index (κ2) is 13.2. The van der Waals surface area contributed by atoms with Crippen molar-refractivity contribution < 1.29 is 9.84 Å². The molecule has 27 heavy (non-hydrogen) atoms. The summed E-state index contributed by atoms with van der Waals surface area (Å²) in [4.78, 5) is 0. The topological polar surface area (TPSA) is 29.5 Å². The predicted molar refractivity (Wildman–Crippen MR) is 115 cm³/mol. The van der Waals surface area contributed by atoms with Gasteiger partial charge in [0.25, 0.3) is 0 Å². The molecule has 148 valence electrons. The monoisotopic (exact) mass is 368 g/mol. The fourth-order valence-electron chi connectivity index (χ4n) is 3.64. The van der Waals surface area contributed by atoms with Crippen molar-refractivity contribution >= 4 is 0 Å². The van der Waals surface area contributed by atoms with Crippen LogP contribution in [-0.4, -0.2) is 12.2 Å². The van der Waals surface area contributed by atoms with Crippen LogP contribution in [0.4, 0.5) is 0 Å². The van der Waals surface area contributed by atoms with Crippen LogP contribution in [0.15, 0.2) is 48.5 Å². The van der Waals surface area contributed by atoms with Gasteiger partial charge in [0.15, 0.2) is 11.5 Å². The second-order valence-corrected chi connectivity index (χ2v) is 7.49. The molecular formula is C25H36O2. The third-order valence-corrected chi connectivity index (χ3v) is 5.31. The van der Waals surface area contributed by atoms with Crippen LogP contribution in [0.1, 0.15) is 75.3 Å². The van der Waals surface area contributed by atoms with Crippen LogP contribution in [0.2, 0.25) is 0 Å². The summed E-state index contributed by atoms with van der Waals surface area (Å²) in [5, 5.41) is 10.1. The molecule has 0 aliphatic carbocycles. The molecule has 0 aromatic heterocycles. The SMILES string of the molecule is COc1cccc(CCCCCCCCCCCCc2ccccc2)c1O. The molecule has 0 aliphatic heterocycles. The zero-order valence-electron chi connectivity index (χ0n) is 17.0. The van der Waals surface area contributed by atoms with Gasteiger partial charge in [-0.2, -0.15) is 0 Å². The van der Waals surface area contributed by atoms with Crippen LogP contribution in [0.5, 0.6) is 11.5 Å². The Hall–Kier alpha value is -1.96. The molecule has 0 spiro atoms. The number of phenols is 1. The zero-order chi connectivity index (χ0) is 19.2. The van der Waals surface area contributed by atoms with Crippen LogP contribution >= 0.6 is 0 Å². The maximum absolute atomic E-state index is 10.1. The van der Waals surface area contributed by atoms with Crippen molar-refractivity contribution in [1.29, 1.82) is 0 Å². The lowest BCUT2D eigenvalue weighted by molar-refractivity contribution is 0.370. The van der Waals surface area contributed by atoms with Crippen molar-refractivity contribution in [2.45, 2.75) is 77.0 Å². The Morgan fingerprint density at radius 2 is 1.19 bits per heavy atom. The van der Waals surface area contributed by atoms with E-state index in [1.807, 2.05) is 12.1 Å². The Balaban J connectivity index is 1.40. The lowest BCUT2D eigenvalue weighted by Gasteiger charge is -2.08. The zero-order valence-corrected chi connectivity index (χ0v) is 17.0. The number of aryl methyl sites for hydroxylation is 2. The average Bonchev–Trinajstić information content (AvgIpc) is 2.70. The van der Waals surface area contributed by atoms with Crippen molar-refractivity contribution in [1.82, 2.24) is 0 Å². The van der Waals surface area contributed by atoms with Gasteiger partial charge in [0.2, 0.25) is 0 Å². The Morgan fingerprint density at radius 1 is 0.630 bits per heavy atom. The van der Waals surface area contributed by atoms with Crippen molar-refractivity contribution in [3.05, 3.63) is 59.7 Å². The van der Waals surface area contributed by atoms with E-state index in [4.69, 9.17) is 4.74 Å². The molecule has 0 saturated carbocycles. The molecule has 0 unspecified atom stereocenters. The molecule has 0 aliphatic rings. The number of rotatable bonds is 14. The van der Waals surface area contributed by atoms with Gasteiger partial charge < -0.3 is 9.84 Å². The van der Waals surface area contributed by atoms with E-state index < -0.39 is 0 Å². The van der Waals surface area contributed by atoms with Crippen LogP contribution in [0.25, 0.3) is 0 Å². The minimum absolute atomic E-state index is 0.312. The summed E-state index contributed by atoms with van der Waals surface area (Å²) in [6.07, 6.45) is 15.4. The molecule has 1 N–H and O–H groups in total. The fourth-order valence-corrected chi connectivity index (χ4v) is 3.64. The molecule has 2 aromatic rings. The van der Waals surface area contributed by atoms with Crippen LogP contribution < -0.4 is 4.74 Å². The number of phenolic OH excluding ortho intramolecular Hbond substituents is 1. The van der Waals surface area contributed by atoms with E-state index in [1.165, 1.54) is 69.8 Å². The minimum Gasteiger partial charge on any atom is -0.504 e. The Labute approximate surface area is 165 Å². The van der Waals surface area contributed by atoms with Crippen molar-refractivity contribution in [3.8, 4) is 11.5 Å². The highest BCUT2D eigenvalue weighted by Crippen LogP contribution is 2.30. The van der Waals surface area contributed by atoms with Gasteiger partial charge in [-0.1, -0.05) is 93.8 Å². The summed E-state index contributed by atoms with van der Waals surface area (Å²) < 4.78 is 5.16. The number of hydrogen-bond acceptors (Lipinski definition) is 2. The lowest BCUT2D eigenvalue weighted by atomic mass is 10.0. The number of benzene rings is 2. The van der Waals surface area contributed by atoms with Gasteiger partial charge in [-0.25, -0.2) is 0 Å². The number of para-hydroxylation sites is 1. The van der Waals surface area contributed by atoms with Crippen LogP contribution in [-0.2, 0) is 12.8 Å². The highest BCUT2D eigenvalue weighted by atomic mass is 16.5. The number of hydrogen-bond donors (Lipinski definition) is 1. The van der Waals surface area contributed by atoms with Crippen molar-refractivity contribution in [2.75, 3.05) is 7.11 Å². The summed E-state index contributed by atoms with van der Waals surface area (Å²) in [6.45, 7) is 0. The molecule has 2 heteroatoms. The van der Waals surface area contributed by atoms with E-state index >= 15 is 0 Å². The molecule has 2 nitrogen and oxygen atoms in total. The standard InChI is InChI=1S/C25H36O2/c1-27-24-21-15-20-23(25(24)26)19-14-9-7-5-3-2-4-6-8-11-16-22-17-12-10-13-18-22/h10,12-13,15,17-18,20-21,26H,2-9,11,14,16,19H2,1H3. The smallest absolute Gasteiger partial charge is 0.160 e. The van der Waals surface area contributed by atoms with Gasteiger partial charge in [-0.3, -0.25) is 0 Å². The predicted octanol–water partition coefficient (Wildman–Crippen LogP) is 7.09. The first-order valence-corrected chi connectivity index (χ1v) is 10.7. The first-order valence-electron chi connectivity index (χ1n) is 10.7. The minimum atomic E-state index is 0.312. The van der Waals surface area contributed by atoms with Crippen molar-refractivity contribution in [2.24, 2.45) is 0 Å². The second-order valence-electron chi connectivity index (χ2n) is 7.49. The molecule has 2 aromatic carbocycles. The van der Waals surface area contributed by atoms with Gasteiger partial charge in [0.05, 0.1) is 7.11 Å². The largest absolute Gasteiger partial charge is 0.504 e. The normalized spacial score (nSPS) is 10.9.